The number of carbonyl (C=O) groups excluding carboxylic acids is 1. The van der Waals surface area contributed by atoms with Gasteiger partial charge in [0.05, 0.1) is 13.5 Å². The van der Waals surface area contributed by atoms with Gasteiger partial charge in [-0.2, -0.15) is 0 Å². The molecular formula is C15H17NO2. The van der Waals surface area contributed by atoms with Crippen LogP contribution < -0.4 is 5.73 Å². The molecule has 3 heteroatoms. The van der Waals surface area contributed by atoms with Gasteiger partial charge in [-0.3, -0.25) is 4.79 Å². The Morgan fingerprint density at radius 3 is 2.56 bits per heavy atom. The summed E-state index contributed by atoms with van der Waals surface area (Å²) in [7, 11) is 1.38. The smallest absolute Gasteiger partial charge is 0.307 e. The van der Waals surface area contributed by atoms with Gasteiger partial charge in [-0.25, -0.2) is 0 Å². The predicted molar refractivity (Wildman–Crippen MR) is 72.2 cm³/mol. The molecule has 0 saturated carbocycles. The van der Waals surface area contributed by atoms with E-state index in [4.69, 9.17) is 5.73 Å². The number of nitrogens with two attached hydrogens (primary N) is 1. The summed E-state index contributed by atoms with van der Waals surface area (Å²) in [6, 6.07) is 11.8. The van der Waals surface area contributed by atoms with E-state index >= 15 is 0 Å². The van der Waals surface area contributed by atoms with Gasteiger partial charge in [0.15, 0.2) is 0 Å². The van der Waals surface area contributed by atoms with Gasteiger partial charge in [-0.1, -0.05) is 36.4 Å². The van der Waals surface area contributed by atoms with Crippen molar-refractivity contribution in [2.75, 3.05) is 7.11 Å². The van der Waals surface area contributed by atoms with Crippen molar-refractivity contribution in [3.8, 4) is 0 Å². The van der Waals surface area contributed by atoms with Crippen molar-refractivity contribution in [2.45, 2.75) is 19.4 Å². The first kappa shape index (κ1) is 12.6. The Hall–Kier alpha value is -1.87. The minimum atomic E-state index is -0.331. The molecule has 2 rings (SSSR count). The number of esters is 1. The van der Waals surface area contributed by atoms with Crippen molar-refractivity contribution >= 4 is 16.7 Å². The number of aryl methyl sites for hydroxylation is 1. The second-order valence-corrected chi connectivity index (χ2v) is 4.40. The third kappa shape index (κ3) is 2.36. The highest BCUT2D eigenvalue weighted by Crippen LogP contribution is 2.27. The van der Waals surface area contributed by atoms with E-state index < -0.39 is 0 Å². The first-order valence-electron chi connectivity index (χ1n) is 5.94. The van der Waals surface area contributed by atoms with Crippen molar-refractivity contribution in [1.29, 1.82) is 0 Å². The average molecular weight is 243 g/mol. The fraction of sp³-hybridized carbons (Fsp3) is 0.267. The summed E-state index contributed by atoms with van der Waals surface area (Å²) in [6.07, 6.45) is 0.198. The summed E-state index contributed by atoms with van der Waals surface area (Å²) >= 11 is 0. The summed E-state index contributed by atoms with van der Waals surface area (Å²) < 4.78 is 4.66. The molecule has 0 saturated heterocycles. The minimum absolute atomic E-state index is 0.198. The molecule has 0 heterocycles. The number of hydrogen-bond donors (Lipinski definition) is 1. The molecule has 3 nitrogen and oxygen atoms in total. The van der Waals surface area contributed by atoms with Crippen LogP contribution in [0.15, 0.2) is 36.4 Å². The van der Waals surface area contributed by atoms with Crippen LogP contribution in [0.5, 0.6) is 0 Å². The molecule has 0 bridgehead atoms. The molecule has 2 aromatic carbocycles. The van der Waals surface area contributed by atoms with Crippen molar-refractivity contribution in [3.05, 3.63) is 47.5 Å². The van der Waals surface area contributed by atoms with Crippen molar-refractivity contribution in [1.82, 2.24) is 0 Å². The molecule has 0 unspecified atom stereocenters. The Kier molecular flexibility index (Phi) is 3.63. The van der Waals surface area contributed by atoms with E-state index in [2.05, 4.69) is 17.7 Å². The van der Waals surface area contributed by atoms with Crippen LogP contribution in [0, 0.1) is 6.92 Å². The lowest BCUT2D eigenvalue weighted by Crippen LogP contribution is -2.16. The third-order valence-electron chi connectivity index (χ3n) is 3.19. The van der Waals surface area contributed by atoms with Gasteiger partial charge in [0.1, 0.15) is 0 Å². The van der Waals surface area contributed by atoms with Gasteiger partial charge < -0.3 is 10.5 Å². The summed E-state index contributed by atoms with van der Waals surface area (Å²) in [5, 5.41) is 2.28. The Balaban J connectivity index is 2.45. The first-order valence-corrected chi connectivity index (χ1v) is 5.94. The Labute approximate surface area is 107 Å². The van der Waals surface area contributed by atoms with Crippen LogP contribution in [-0.4, -0.2) is 13.1 Å². The lowest BCUT2D eigenvalue weighted by Gasteiger charge is -2.14. The molecule has 0 aliphatic rings. The summed E-state index contributed by atoms with van der Waals surface area (Å²) in [6.45, 7) is 2.07. The van der Waals surface area contributed by atoms with Crippen molar-refractivity contribution in [3.63, 3.8) is 0 Å². The van der Waals surface area contributed by atoms with E-state index in [0.29, 0.717) is 0 Å². The molecule has 0 aliphatic heterocycles. The molecule has 94 valence electrons. The van der Waals surface area contributed by atoms with Crippen molar-refractivity contribution in [2.24, 2.45) is 5.73 Å². The lowest BCUT2D eigenvalue weighted by molar-refractivity contribution is -0.141. The summed E-state index contributed by atoms with van der Waals surface area (Å²) in [5.74, 6) is -0.285. The van der Waals surface area contributed by atoms with Crippen LogP contribution >= 0.6 is 0 Å². The van der Waals surface area contributed by atoms with Crippen molar-refractivity contribution < 1.29 is 9.53 Å². The van der Waals surface area contributed by atoms with Gasteiger partial charge in [0, 0.05) is 6.04 Å². The van der Waals surface area contributed by atoms with Gasteiger partial charge in [-0.15, -0.1) is 0 Å². The van der Waals surface area contributed by atoms with Gasteiger partial charge >= 0.3 is 5.97 Å². The van der Waals surface area contributed by atoms with Crippen LogP contribution in [0.1, 0.15) is 23.6 Å². The maximum Gasteiger partial charge on any atom is 0.307 e. The molecular weight excluding hydrogens is 226 g/mol. The molecule has 1 atom stereocenters. The Morgan fingerprint density at radius 1 is 1.22 bits per heavy atom. The summed E-state index contributed by atoms with van der Waals surface area (Å²) in [4.78, 5) is 11.3. The topological polar surface area (TPSA) is 52.3 Å². The Morgan fingerprint density at radius 2 is 1.89 bits per heavy atom. The van der Waals surface area contributed by atoms with Crippen LogP contribution in [0.4, 0.5) is 0 Å². The highest BCUT2D eigenvalue weighted by Gasteiger charge is 2.14. The van der Waals surface area contributed by atoms with Gasteiger partial charge in [-0.05, 0) is 28.8 Å². The zero-order valence-corrected chi connectivity index (χ0v) is 10.6. The molecule has 0 spiro atoms. The zero-order chi connectivity index (χ0) is 13.1. The fourth-order valence-corrected chi connectivity index (χ4v) is 2.17. The third-order valence-corrected chi connectivity index (χ3v) is 3.19. The van der Waals surface area contributed by atoms with E-state index in [1.165, 1.54) is 18.1 Å². The number of fused-ring (bicyclic) bond motifs is 1. The predicted octanol–water partition coefficient (Wildman–Crippen LogP) is 2.71. The first-order chi connectivity index (χ1) is 8.63. The number of rotatable bonds is 3. The quantitative estimate of drug-likeness (QED) is 0.843. The molecule has 18 heavy (non-hydrogen) atoms. The molecule has 0 aromatic heterocycles. The molecule has 0 fully saturated rings. The maximum absolute atomic E-state index is 11.3. The van der Waals surface area contributed by atoms with Gasteiger partial charge in [0.2, 0.25) is 0 Å². The van der Waals surface area contributed by atoms with Crippen LogP contribution in [0.25, 0.3) is 10.8 Å². The molecule has 0 radical (unpaired) electrons. The van der Waals surface area contributed by atoms with E-state index in [1.807, 2.05) is 30.3 Å². The second-order valence-electron chi connectivity index (χ2n) is 4.40. The van der Waals surface area contributed by atoms with E-state index in [1.54, 1.807) is 0 Å². The molecule has 2 aromatic rings. The van der Waals surface area contributed by atoms with Crippen LogP contribution in [0.2, 0.25) is 0 Å². The van der Waals surface area contributed by atoms with E-state index in [9.17, 15) is 4.79 Å². The highest BCUT2D eigenvalue weighted by molar-refractivity contribution is 5.89. The number of methoxy groups -OCH3 is 1. The average Bonchev–Trinajstić information content (AvgIpc) is 2.39. The largest absolute Gasteiger partial charge is 0.469 e. The van der Waals surface area contributed by atoms with Crippen LogP contribution in [0.3, 0.4) is 0 Å². The zero-order valence-electron chi connectivity index (χ0n) is 10.6. The minimum Gasteiger partial charge on any atom is -0.469 e. The number of benzene rings is 2. The lowest BCUT2D eigenvalue weighted by atomic mass is 9.95. The Bertz CT molecular complexity index is 578. The summed E-state index contributed by atoms with van der Waals surface area (Å²) in [5.41, 5.74) is 8.28. The van der Waals surface area contributed by atoms with Gasteiger partial charge in [0.25, 0.3) is 0 Å². The molecule has 2 N–H and O–H groups in total. The number of carbonyl (C=O) groups is 1. The highest BCUT2D eigenvalue weighted by atomic mass is 16.5. The SMILES string of the molecule is COC(=O)C[C@H](N)c1ccc(C)c2ccccc12. The van der Waals surface area contributed by atoms with E-state index in [0.717, 1.165) is 10.9 Å². The fourth-order valence-electron chi connectivity index (χ4n) is 2.17. The monoisotopic (exact) mass is 243 g/mol. The number of hydrogen-bond acceptors (Lipinski definition) is 3. The van der Waals surface area contributed by atoms with Crippen LogP contribution in [-0.2, 0) is 9.53 Å². The normalized spacial score (nSPS) is 12.4. The standard InChI is InChI=1S/C15H17NO2/c1-10-7-8-13(14(16)9-15(17)18-2)12-6-4-3-5-11(10)12/h3-8,14H,9,16H2,1-2H3/t14-/m0/s1. The van der Waals surface area contributed by atoms with E-state index in [-0.39, 0.29) is 18.4 Å². The maximum atomic E-state index is 11.3. The molecule has 0 amide bonds. The number of ether oxygens (including phenoxy) is 1. The molecule has 0 aliphatic carbocycles. The second kappa shape index (κ2) is 5.19.